The first kappa shape index (κ1) is 20.3. The fraction of sp³-hybridized carbons (Fsp3) is 0.292. The van der Waals surface area contributed by atoms with E-state index < -0.39 is 0 Å². The fourth-order valence-electron chi connectivity index (χ4n) is 4.26. The molecule has 2 aromatic carbocycles. The molecule has 164 valence electrons. The fourth-order valence-corrected chi connectivity index (χ4v) is 4.26. The molecule has 0 bridgehead atoms. The zero-order valence-electron chi connectivity index (χ0n) is 18.0. The summed E-state index contributed by atoms with van der Waals surface area (Å²) in [7, 11) is 1.69. The molecule has 1 atom stereocenters. The lowest BCUT2D eigenvalue weighted by atomic mass is 10.0. The molecule has 32 heavy (non-hydrogen) atoms. The molecule has 8 heteroatoms. The Labute approximate surface area is 187 Å². The molecule has 0 amide bonds. The van der Waals surface area contributed by atoms with Crippen LogP contribution in [0.2, 0.25) is 0 Å². The van der Waals surface area contributed by atoms with Crippen molar-refractivity contribution in [3.8, 4) is 5.75 Å². The number of hydrogen-bond donors (Lipinski definition) is 0. The summed E-state index contributed by atoms with van der Waals surface area (Å²) < 4.78 is 12.7. The monoisotopic (exact) mass is 430 g/mol. The highest BCUT2D eigenvalue weighted by atomic mass is 16.5. The summed E-state index contributed by atoms with van der Waals surface area (Å²) in [6.45, 7) is 4.16. The zero-order valence-corrected chi connectivity index (χ0v) is 18.0. The molecule has 1 unspecified atom stereocenters. The predicted molar refractivity (Wildman–Crippen MR) is 121 cm³/mol. The van der Waals surface area contributed by atoms with E-state index in [1.807, 2.05) is 35.0 Å². The molecule has 4 aromatic rings. The molecule has 0 radical (unpaired) electrons. The Kier molecular flexibility index (Phi) is 5.85. The first-order valence-corrected chi connectivity index (χ1v) is 10.8. The van der Waals surface area contributed by atoms with Gasteiger partial charge in [-0.2, -0.15) is 0 Å². The number of methoxy groups -OCH3 is 1. The molecule has 1 aliphatic heterocycles. The van der Waals surface area contributed by atoms with Crippen LogP contribution in [-0.4, -0.2) is 58.4 Å². The summed E-state index contributed by atoms with van der Waals surface area (Å²) in [5, 5.41) is 12.7. The van der Waals surface area contributed by atoms with E-state index in [0.29, 0.717) is 6.54 Å². The molecule has 0 saturated carbocycles. The van der Waals surface area contributed by atoms with Crippen LogP contribution < -0.4 is 9.64 Å². The van der Waals surface area contributed by atoms with Gasteiger partial charge in [0.15, 0.2) is 5.82 Å². The zero-order chi connectivity index (χ0) is 21.8. The lowest BCUT2D eigenvalue weighted by Gasteiger charge is -2.39. The minimum Gasteiger partial charge on any atom is -0.497 e. The highest BCUT2D eigenvalue weighted by Gasteiger charge is 2.30. The minimum absolute atomic E-state index is 0.0285. The van der Waals surface area contributed by atoms with E-state index in [1.54, 1.807) is 13.4 Å². The second-order valence-corrected chi connectivity index (χ2v) is 7.81. The first-order chi connectivity index (χ1) is 15.8. The summed E-state index contributed by atoms with van der Waals surface area (Å²) in [6, 6.07) is 22.5. The third-order valence-electron chi connectivity index (χ3n) is 5.92. The molecule has 1 aliphatic rings. The second-order valence-electron chi connectivity index (χ2n) is 7.81. The summed E-state index contributed by atoms with van der Waals surface area (Å²) in [5.41, 5.74) is 2.39. The van der Waals surface area contributed by atoms with Crippen molar-refractivity contribution in [3.63, 3.8) is 0 Å². The van der Waals surface area contributed by atoms with Crippen LogP contribution in [0.1, 0.15) is 23.2 Å². The molecule has 0 N–H and O–H groups in total. The van der Waals surface area contributed by atoms with Gasteiger partial charge in [0.2, 0.25) is 0 Å². The Morgan fingerprint density at radius 2 is 1.72 bits per heavy atom. The summed E-state index contributed by atoms with van der Waals surface area (Å²) in [4.78, 5) is 4.86. The molecular formula is C24H26N6O2. The van der Waals surface area contributed by atoms with Crippen molar-refractivity contribution in [3.05, 3.63) is 90.1 Å². The average Bonchev–Trinajstić information content (AvgIpc) is 3.54. The van der Waals surface area contributed by atoms with Gasteiger partial charge in [-0.05, 0) is 52.4 Å². The lowest BCUT2D eigenvalue weighted by Crippen LogP contribution is -2.48. The number of hydrogen-bond acceptors (Lipinski definition) is 7. The predicted octanol–water partition coefficient (Wildman–Crippen LogP) is 3.23. The summed E-state index contributed by atoms with van der Waals surface area (Å²) >= 11 is 0. The van der Waals surface area contributed by atoms with Gasteiger partial charge in [-0.1, -0.05) is 30.3 Å². The molecular weight excluding hydrogens is 404 g/mol. The van der Waals surface area contributed by atoms with Crippen molar-refractivity contribution >= 4 is 5.69 Å². The van der Waals surface area contributed by atoms with Crippen molar-refractivity contribution in [1.82, 2.24) is 25.1 Å². The van der Waals surface area contributed by atoms with E-state index in [4.69, 9.17) is 9.15 Å². The maximum atomic E-state index is 5.53. The minimum atomic E-state index is -0.0285. The van der Waals surface area contributed by atoms with Crippen molar-refractivity contribution in [1.29, 1.82) is 0 Å². The van der Waals surface area contributed by atoms with Crippen LogP contribution in [0.5, 0.6) is 5.75 Å². The number of benzene rings is 2. The lowest BCUT2D eigenvalue weighted by molar-refractivity contribution is 0.201. The number of ether oxygens (including phenoxy) is 1. The number of nitrogens with zero attached hydrogens (tertiary/aromatic N) is 6. The van der Waals surface area contributed by atoms with E-state index in [1.165, 1.54) is 11.3 Å². The Balaban J connectivity index is 1.38. The Bertz CT molecular complexity index is 1100. The molecule has 8 nitrogen and oxygen atoms in total. The second kappa shape index (κ2) is 9.23. The van der Waals surface area contributed by atoms with Gasteiger partial charge in [-0.15, -0.1) is 5.10 Å². The van der Waals surface area contributed by atoms with Crippen LogP contribution >= 0.6 is 0 Å². The number of piperazine rings is 1. The largest absolute Gasteiger partial charge is 0.497 e. The first-order valence-electron chi connectivity index (χ1n) is 10.8. The Hall–Kier alpha value is -3.65. The molecule has 0 spiro atoms. The third-order valence-corrected chi connectivity index (χ3v) is 5.92. The highest BCUT2D eigenvalue weighted by molar-refractivity contribution is 5.49. The van der Waals surface area contributed by atoms with Crippen molar-refractivity contribution < 1.29 is 9.15 Å². The molecule has 0 aliphatic carbocycles. The van der Waals surface area contributed by atoms with E-state index in [2.05, 4.69) is 61.7 Å². The van der Waals surface area contributed by atoms with Gasteiger partial charge in [0.1, 0.15) is 18.1 Å². The maximum Gasteiger partial charge on any atom is 0.173 e. The van der Waals surface area contributed by atoms with Crippen LogP contribution in [-0.2, 0) is 6.54 Å². The summed E-state index contributed by atoms with van der Waals surface area (Å²) in [5.74, 6) is 2.53. The molecule has 3 heterocycles. The van der Waals surface area contributed by atoms with Gasteiger partial charge >= 0.3 is 0 Å². The van der Waals surface area contributed by atoms with E-state index in [9.17, 15) is 0 Å². The van der Waals surface area contributed by atoms with Gasteiger partial charge < -0.3 is 14.1 Å². The normalized spacial score (nSPS) is 15.6. The van der Waals surface area contributed by atoms with Crippen molar-refractivity contribution in [2.75, 3.05) is 38.2 Å². The number of furan rings is 1. The van der Waals surface area contributed by atoms with Gasteiger partial charge in [0, 0.05) is 31.9 Å². The summed E-state index contributed by atoms with van der Waals surface area (Å²) in [6.07, 6.45) is 1.67. The average molecular weight is 431 g/mol. The van der Waals surface area contributed by atoms with Gasteiger partial charge in [0.25, 0.3) is 0 Å². The van der Waals surface area contributed by atoms with Crippen molar-refractivity contribution in [2.45, 2.75) is 12.6 Å². The van der Waals surface area contributed by atoms with Gasteiger partial charge in [-0.3, -0.25) is 4.90 Å². The highest BCUT2D eigenvalue weighted by Crippen LogP contribution is 2.29. The third kappa shape index (κ3) is 4.22. The number of rotatable bonds is 7. The van der Waals surface area contributed by atoms with Gasteiger partial charge in [0.05, 0.1) is 19.4 Å². The van der Waals surface area contributed by atoms with Crippen molar-refractivity contribution in [2.24, 2.45) is 0 Å². The van der Waals surface area contributed by atoms with Crippen LogP contribution in [0.3, 0.4) is 0 Å². The molecule has 5 rings (SSSR count). The van der Waals surface area contributed by atoms with Gasteiger partial charge in [-0.25, -0.2) is 4.68 Å². The van der Waals surface area contributed by atoms with Crippen LogP contribution in [0.15, 0.2) is 77.4 Å². The molecule has 1 saturated heterocycles. The maximum absolute atomic E-state index is 5.53. The molecule has 2 aromatic heterocycles. The quantitative estimate of drug-likeness (QED) is 0.446. The smallest absolute Gasteiger partial charge is 0.173 e. The number of tetrazole rings is 1. The topological polar surface area (TPSA) is 72.5 Å². The standard InChI is InChI=1S/C24H26N6O2/c1-31-21-11-9-20(10-12-21)28-13-15-29(16-14-28)23(19-6-3-2-4-7-19)24-25-26-27-30(24)18-22-8-5-17-32-22/h2-12,17,23H,13-16,18H2,1H3. The van der Waals surface area contributed by atoms with E-state index >= 15 is 0 Å². The van der Waals surface area contributed by atoms with E-state index in [0.717, 1.165) is 43.5 Å². The van der Waals surface area contributed by atoms with E-state index in [-0.39, 0.29) is 6.04 Å². The Morgan fingerprint density at radius 3 is 2.41 bits per heavy atom. The number of anilines is 1. The van der Waals surface area contributed by atoms with Crippen LogP contribution in [0.4, 0.5) is 5.69 Å². The SMILES string of the molecule is COc1ccc(N2CCN(C(c3ccccc3)c3nnnn3Cc3ccco3)CC2)cc1. The Morgan fingerprint density at radius 1 is 0.938 bits per heavy atom. The number of aromatic nitrogens is 4. The van der Waals surface area contributed by atoms with Crippen LogP contribution in [0.25, 0.3) is 0 Å². The molecule has 1 fully saturated rings. The van der Waals surface area contributed by atoms with Crippen LogP contribution in [0, 0.1) is 0 Å².